The van der Waals surface area contributed by atoms with E-state index in [4.69, 9.17) is 28.3 Å². The van der Waals surface area contributed by atoms with Crippen molar-refractivity contribution < 1.29 is 9.53 Å². The first kappa shape index (κ1) is 26.0. The summed E-state index contributed by atoms with van der Waals surface area (Å²) >= 11 is 13.0. The van der Waals surface area contributed by atoms with E-state index in [1.165, 1.54) is 29.5 Å². The first-order valence-electron chi connectivity index (χ1n) is 11.8. The van der Waals surface area contributed by atoms with Crippen molar-refractivity contribution in [1.82, 2.24) is 3.94 Å². The molecule has 2 aromatic rings. The number of carbonyl (C=O) groups is 1. The van der Waals surface area contributed by atoms with Crippen molar-refractivity contribution in [3.05, 3.63) is 83.4 Å². The fourth-order valence-electron chi connectivity index (χ4n) is 4.36. The maximum Gasteiger partial charge on any atom is 0.440 e. The number of hydrogen-bond donors (Lipinski definition) is 0. The van der Waals surface area contributed by atoms with Gasteiger partial charge in [0, 0.05) is 29.3 Å². The van der Waals surface area contributed by atoms with Crippen molar-refractivity contribution in [2.75, 3.05) is 5.75 Å². The van der Waals surface area contributed by atoms with Crippen LogP contribution < -0.4 is 0 Å². The van der Waals surface area contributed by atoms with Crippen LogP contribution in [0.25, 0.3) is 0 Å². The van der Waals surface area contributed by atoms with Crippen LogP contribution in [0, 0.1) is 5.92 Å². The monoisotopic (exact) mass is 505 g/mol. The van der Waals surface area contributed by atoms with Crippen LogP contribution in [-0.2, 0) is 16.9 Å². The van der Waals surface area contributed by atoms with Gasteiger partial charge in [-0.05, 0) is 73.8 Å². The Morgan fingerprint density at radius 2 is 1.58 bits per heavy atom. The van der Waals surface area contributed by atoms with Crippen molar-refractivity contribution in [3.8, 4) is 0 Å². The van der Waals surface area contributed by atoms with E-state index in [9.17, 15) is 4.79 Å². The molecule has 33 heavy (non-hydrogen) atoms. The highest BCUT2D eigenvalue weighted by molar-refractivity contribution is 7.98. The lowest BCUT2D eigenvalue weighted by atomic mass is 9.82. The zero-order valence-corrected chi connectivity index (χ0v) is 21.3. The van der Waals surface area contributed by atoms with Gasteiger partial charge in [-0.25, -0.2) is 4.79 Å². The summed E-state index contributed by atoms with van der Waals surface area (Å²) in [6.45, 7) is 0. The van der Waals surface area contributed by atoms with Crippen LogP contribution in [-0.4, -0.2) is 21.9 Å². The van der Waals surface area contributed by atoms with Crippen LogP contribution >= 0.6 is 35.3 Å². The van der Waals surface area contributed by atoms with Gasteiger partial charge in [-0.1, -0.05) is 72.7 Å². The number of halogens is 2. The van der Waals surface area contributed by atoms with Gasteiger partial charge in [-0.3, -0.25) is 0 Å². The number of aryl methyl sites for hydroxylation is 1. The second kappa shape index (κ2) is 14.6. The van der Waals surface area contributed by atoms with Crippen LogP contribution in [0.15, 0.2) is 72.3 Å². The molecule has 0 radical (unpaired) electrons. The molecular formula is C27H33Cl2NO2S. The summed E-state index contributed by atoms with van der Waals surface area (Å²) < 4.78 is 5.90. The highest BCUT2D eigenvalue weighted by Gasteiger charge is 2.26. The molecule has 3 rings (SSSR count). The fraction of sp³-hybridized carbons (Fsp3) is 0.444. The Balaban J connectivity index is 1.48. The number of ether oxygens (including phenoxy) is 1. The fourth-order valence-corrected chi connectivity index (χ4v) is 5.46. The number of thioether (sulfide) groups is 1. The molecule has 2 unspecified atom stereocenters. The Morgan fingerprint density at radius 1 is 0.909 bits per heavy atom. The lowest BCUT2D eigenvalue weighted by Crippen LogP contribution is -2.26. The van der Waals surface area contributed by atoms with Gasteiger partial charge in [0.05, 0.1) is 0 Å². The second-order valence-corrected chi connectivity index (χ2v) is 10.5. The topological polar surface area (TPSA) is 29.5 Å². The third-order valence-corrected chi connectivity index (χ3v) is 7.45. The maximum atomic E-state index is 11.8. The Morgan fingerprint density at radius 3 is 2.27 bits per heavy atom. The molecule has 1 amide bonds. The average Bonchev–Trinajstić information content (AvgIpc) is 2.84. The van der Waals surface area contributed by atoms with Crippen LogP contribution in [0.4, 0.5) is 4.79 Å². The SMILES string of the molecule is O=C(OC1C=C(CCCCCc2ccccc2)C(CCSCc2ccccc2)CC1)N(Cl)Cl. The van der Waals surface area contributed by atoms with Crippen LogP contribution in [0.1, 0.15) is 56.1 Å². The van der Waals surface area contributed by atoms with E-state index in [1.54, 1.807) is 0 Å². The Labute approximate surface area is 212 Å². The molecule has 0 N–H and O–H groups in total. The number of rotatable bonds is 12. The third kappa shape index (κ3) is 9.64. The van der Waals surface area contributed by atoms with E-state index in [-0.39, 0.29) is 6.10 Å². The molecule has 0 heterocycles. The van der Waals surface area contributed by atoms with E-state index < -0.39 is 6.09 Å². The molecule has 0 saturated heterocycles. The largest absolute Gasteiger partial charge is 0.440 e. The van der Waals surface area contributed by atoms with Crippen LogP contribution in [0.5, 0.6) is 0 Å². The van der Waals surface area contributed by atoms with E-state index in [1.807, 2.05) is 11.8 Å². The molecular weight excluding hydrogens is 473 g/mol. The number of nitrogens with zero attached hydrogens (tertiary/aromatic N) is 1. The Hall–Kier alpha value is -1.62. The summed E-state index contributed by atoms with van der Waals surface area (Å²) in [7, 11) is 0. The summed E-state index contributed by atoms with van der Waals surface area (Å²) in [5, 5.41) is 0. The van der Waals surface area contributed by atoms with E-state index >= 15 is 0 Å². The third-order valence-electron chi connectivity index (χ3n) is 6.11. The van der Waals surface area contributed by atoms with Gasteiger partial charge in [0.25, 0.3) is 0 Å². The zero-order valence-electron chi connectivity index (χ0n) is 19.0. The number of benzene rings is 2. The molecule has 2 aromatic carbocycles. The van der Waals surface area contributed by atoms with E-state index in [0.29, 0.717) is 9.86 Å². The molecule has 0 spiro atoms. The summed E-state index contributed by atoms with van der Waals surface area (Å²) in [5.74, 6) is 2.74. The summed E-state index contributed by atoms with van der Waals surface area (Å²) in [5.41, 5.74) is 4.20. The van der Waals surface area contributed by atoms with Gasteiger partial charge >= 0.3 is 6.09 Å². The van der Waals surface area contributed by atoms with Crippen molar-refractivity contribution in [3.63, 3.8) is 0 Å². The van der Waals surface area contributed by atoms with E-state index in [2.05, 4.69) is 66.7 Å². The predicted octanol–water partition coefficient (Wildman–Crippen LogP) is 8.56. The minimum Gasteiger partial charge on any atom is -0.440 e. The molecule has 0 fully saturated rings. The van der Waals surface area contributed by atoms with Crippen LogP contribution in [0.3, 0.4) is 0 Å². The molecule has 3 nitrogen and oxygen atoms in total. The molecule has 6 heteroatoms. The number of amides is 1. The average molecular weight is 507 g/mol. The maximum absolute atomic E-state index is 11.8. The van der Waals surface area contributed by atoms with Gasteiger partial charge in [-0.15, -0.1) is 3.94 Å². The van der Waals surface area contributed by atoms with Gasteiger partial charge < -0.3 is 4.74 Å². The Bertz CT molecular complexity index is 861. The zero-order chi connectivity index (χ0) is 23.3. The smallest absolute Gasteiger partial charge is 0.440 e. The molecule has 178 valence electrons. The summed E-state index contributed by atoms with van der Waals surface area (Å²) in [4.78, 5) is 11.8. The molecule has 2 atom stereocenters. The first-order chi connectivity index (χ1) is 16.1. The molecule has 1 aliphatic carbocycles. The lowest BCUT2D eigenvalue weighted by Gasteiger charge is -2.29. The molecule has 0 bridgehead atoms. The molecule has 1 aliphatic rings. The number of carbonyl (C=O) groups excluding carboxylic acids is 1. The minimum atomic E-state index is -0.710. The predicted molar refractivity (Wildman–Crippen MR) is 140 cm³/mol. The first-order valence-corrected chi connectivity index (χ1v) is 13.6. The highest BCUT2D eigenvalue weighted by atomic mass is 35.5. The lowest BCUT2D eigenvalue weighted by molar-refractivity contribution is 0.102. The summed E-state index contributed by atoms with van der Waals surface area (Å²) in [6.07, 6.45) is 9.94. The standard InChI is InChI=1S/C27H33Cl2NO2S/c28-30(29)27(31)32-26-17-16-24(18-19-33-21-23-13-7-2-8-14-23)25(20-26)15-9-3-6-12-22-10-4-1-5-11-22/h1-2,4-5,7-8,10-11,13-14,20,24,26H,3,6,9,12,15-19,21H2. The molecule has 0 aliphatic heterocycles. The number of allylic oxidation sites excluding steroid dienone is 1. The highest BCUT2D eigenvalue weighted by Crippen LogP contribution is 2.34. The van der Waals surface area contributed by atoms with Crippen molar-refractivity contribution in [2.24, 2.45) is 5.92 Å². The van der Waals surface area contributed by atoms with Crippen molar-refractivity contribution in [2.45, 2.75) is 63.2 Å². The number of unbranched alkanes of at least 4 members (excludes halogenated alkanes) is 2. The normalized spacial score (nSPS) is 17.9. The van der Waals surface area contributed by atoms with Crippen LogP contribution in [0.2, 0.25) is 0 Å². The van der Waals surface area contributed by atoms with Gasteiger partial charge in [-0.2, -0.15) is 11.8 Å². The van der Waals surface area contributed by atoms with Gasteiger partial charge in [0.15, 0.2) is 0 Å². The second-order valence-electron chi connectivity index (χ2n) is 8.54. The Kier molecular flexibility index (Phi) is 11.5. The molecule has 0 saturated carbocycles. The summed E-state index contributed by atoms with van der Waals surface area (Å²) in [6, 6.07) is 21.3. The molecule has 0 aromatic heterocycles. The van der Waals surface area contributed by atoms with Gasteiger partial charge in [0.1, 0.15) is 6.10 Å². The minimum absolute atomic E-state index is 0.245. The van der Waals surface area contributed by atoms with E-state index in [0.717, 1.165) is 50.0 Å². The van der Waals surface area contributed by atoms with Crippen molar-refractivity contribution >= 4 is 41.4 Å². The van der Waals surface area contributed by atoms with Crippen molar-refractivity contribution in [1.29, 1.82) is 0 Å². The quantitative estimate of drug-likeness (QED) is 0.164. The number of hydrogen-bond acceptors (Lipinski definition) is 3. The van der Waals surface area contributed by atoms with Gasteiger partial charge in [0.2, 0.25) is 0 Å².